The van der Waals surface area contributed by atoms with E-state index in [1.165, 1.54) is 0 Å². The van der Waals surface area contributed by atoms with Gasteiger partial charge in [-0.2, -0.15) is 9.97 Å². The standard InChI is InChI=1S/C12H20N6O/c1-3-5-14-12-17-10(13-6-7-19-4-2)9-11(18-12)16-8-15-9/h8H,3-7H2,1-2H3,(H3,13,14,15,16,17,18). The van der Waals surface area contributed by atoms with Crippen molar-refractivity contribution in [1.82, 2.24) is 19.9 Å². The van der Waals surface area contributed by atoms with Crippen LogP contribution in [0.15, 0.2) is 6.33 Å². The van der Waals surface area contributed by atoms with Gasteiger partial charge in [0.2, 0.25) is 5.95 Å². The van der Waals surface area contributed by atoms with E-state index in [0.717, 1.165) is 24.3 Å². The molecule has 0 radical (unpaired) electrons. The van der Waals surface area contributed by atoms with Crippen molar-refractivity contribution >= 4 is 22.9 Å². The lowest BCUT2D eigenvalue weighted by molar-refractivity contribution is 0.158. The average Bonchev–Trinajstić information content (AvgIpc) is 2.89. The van der Waals surface area contributed by atoms with E-state index in [-0.39, 0.29) is 0 Å². The number of anilines is 2. The summed E-state index contributed by atoms with van der Waals surface area (Å²) in [6.45, 7) is 6.98. The first-order valence-electron chi connectivity index (χ1n) is 6.61. The summed E-state index contributed by atoms with van der Waals surface area (Å²) in [5, 5.41) is 6.41. The molecule has 0 atom stereocenters. The zero-order valence-corrected chi connectivity index (χ0v) is 11.4. The number of imidazole rings is 1. The maximum Gasteiger partial charge on any atom is 0.226 e. The summed E-state index contributed by atoms with van der Waals surface area (Å²) in [6.07, 6.45) is 2.64. The maximum atomic E-state index is 5.30. The zero-order chi connectivity index (χ0) is 13.5. The number of nitrogens with zero attached hydrogens (tertiary/aromatic N) is 3. The number of fused-ring (bicyclic) bond motifs is 1. The summed E-state index contributed by atoms with van der Waals surface area (Å²) < 4.78 is 5.30. The van der Waals surface area contributed by atoms with Crippen LogP contribution in [0.1, 0.15) is 20.3 Å². The summed E-state index contributed by atoms with van der Waals surface area (Å²) >= 11 is 0. The molecule has 0 amide bonds. The second-order valence-electron chi connectivity index (χ2n) is 4.05. The molecule has 0 aliphatic rings. The monoisotopic (exact) mass is 264 g/mol. The minimum absolute atomic E-state index is 0.598. The van der Waals surface area contributed by atoms with E-state index in [1.807, 2.05) is 6.92 Å². The van der Waals surface area contributed by atoms with Crippen LogP contribution in [0.2, 0.25) is 0 Å². The van der Waals surface area contributed by atoms with Gasteiger partial charge in [-0.3, -0.25) is 0 Å². The second kappa shape index (κ2) is 6.89. The van der Waals surface area contributed by atoms with Crippen LogP contribution < -0.4 is 10.6 Å². The van der Waals surface area contributed by atoms with Crippen LogP contribution in [0, 0.1) is 0 Å². The molecule has 2 heterocycles. The number of aromatic amines is 1. The molecule has 0 aliphatic carbocycles. The second-order valence-corrected chi connectivity index (χ2v) is 4.05. The van der Waals surface area contributed by atoms with Crippen molar-refractivity contribution in [3.05, 3.63) is 6.33 Å². The lowest BCUT2D eigenvalue weighted by Crippen LogP contribution is -2.12. The fraction of sp³-hybridized carbons (Fsp3) is 0.583. The Morgan fingerprint density at radius 3 is 2.89 bits per heavy atom. The molecular formula is C12H20N6O. The van der Waals surface area contributed by atoms with E-state index in [0.29, 0.717) is 31.4 Å². The third-order valence-electron chi connectivity index (χ3n) is 2.56. The molecule has 2 rings (SSSR count). The van der Waals surface area contributed by atoms with E-state index in [9.17, 15) is 0 Å². The molecule has 3 N–H and O–H groups in total. The highest BCUT2D eigenvalue weighted by atomic mass is 16.5. The largest absolute Gasteiger partial charge is 0.380 e. The Morgan fingerprint density at radius 1 is 1.21 bits per heavy atom. The van der Waals surface area contributed by atoms with Crippen molar-refractivity contribution in [2.45, 2.75) is 20.3 Å². The summed E-state index contributed by atoms with van der Waals surface area (Å²) in [4.78, 5) is 16.0. The van der Waals surface area contributed by atoms with Crippen LogP contribution >= 0.6 is 0 Å². The molecule has 0 bridgehead atoms. The summed E-state index contributed by atoms with van der Waals surface area (Å²) in [7, 11) is 0. The van der Waals surface area contributed by atoms with Crippen molar-refractivity contribution in [3.63, 3.8) is 0 Å². The number of rotatable bonds is 8. The zero-order valence-electron chi connectivity index (χ0n) is 11.4. The fourth-order valence-electron chi connectivity index (χ4n) is 1.66. The molecule has 104 valence electrons. The van der Waals surface area contributed by atoms with Gasteiger partial charge in [-0.05, 0) is 13.3 Å². The number of hydrogen-bond acceptors (Lipinski definition) is 6. The Hall–Kier alpha value is -1.89. The Labute approximate surface area is 112 Å². The normalized spacial score (nSPS) is 10.8. The van der Waals surface area contributed by atoms with Gasteiger partial charge in [-0.25, -0.2) is 4.98 Å². The van der Waals surface area contributed by atoms with Crippen molar-refractivity contribution in [3.8, 4) is 0 Å². The summed E-state index contributed by atoms with van der Waals surface area (Å²) in [6, 6.07) is 0. The van der Waals surface area contributed by atoms with Crippen LogP contribution in [0.3, 0.4) is 0 Å². The smallest absolute Gasteiger partial charge is 0.226 e. The number of nitrogens with one attached hydrogen (secondary N) is 3. The topological polar surface area (TPSA) is 87.8 Å². The van der Waals surface area contributed by atoms with Gasteiger partial charge in [-0.15, -0.1) is 0 Å². The quantitative estimate of drug-likeness (QED) is 0.628. The average molecular weight is 264 g/mol. The molecule has 7 heteroatoms. The first kappa shape index (κ1) is 13.5. The molecule has 0 fully saturated rings. The van der Waals surface area contributed by atoms with E-state index in [2.05, 4.69) is 37.5 Å². The first-order chi connectivity index (χ1) is 9.35. The Balaban J connectivity index is 2.12. The lowest BCUT2D eigenvalue weighted by atomic mass is 10.4. The summed E-state index contributed by atoms with van der Waals surface area (Å²) in [5.74, 6) is 1.35. The predicted octanol–water partition coefficient (Wildman–Crippen LogP) is 1.62. The number of hydrogen-bond donors (Lipinski definition) is 3. The highest BCUT2D eigenvalue weighted by Gasteiger charge is 2.09. The lowest BCUT2D eigenvalue weighted by Gasteiger charge is -2.09. The van der Waals surface area contributed by atoms with Crippen LogP contribution in [-0.2, 0) is 4.74 Å². The molecule has 2 aromatic heterocycles. The molecule has 19 heavy (non-hydrogen) atoms. The van der Waals surface area contributed by atoms with Gasteiger partial charge in [0.15, 0.2) is 11.5 Å². The number of H-pyrrole nitrogens is 1. The van der Waals surface area contributed by atoms with Gasteiger partial charge in [0.25, 0.3) is 0 Å². The van der Waals surface area contributed by atoms with Crippen molar-refractivity contribution in [1.29, 1.82) is 0 Å². The molecule has 0 saturated carbocycles. The van der Waals surface area contributed by atoms with E-state index in [4.69, 9.17) is 4.74 Å². The summed E-state index contributed by atoms with van der Waals surface area (Å²) in [5.41, 5.74) is 1.48. The Kier molecular flexibility index (Phi) is 4.91. The van der Waals surface area contributed by atoms with E-state index >= 15 is 0 Å². The number of ether oxygens (including phenoxy) is 1. The van der Waals surface area contributed by atoms with Crippen molar-refractivity contribution in [2.24, 2.45) is 0 Å². The predicted molar refractivity (Wildman–Crippen MR) is 75.4 cm³/mol. The van der Waals surface area contributed by atoms with Crippen LogP contribution in [-0.4, -0.2) is 46.2 Å². The molecule has 0 aromatic carbocycles. The molecule has 0 spiro atoms. The molecule has 7 nitrogen and oxygen atoms in total. The van der Waals surface area contributed by atoms with Crippen LogP contribution in [0.5, 0.6) is 0 Å². The van der Waals surface area contributed by atoms with E-state index < -0.39 is 0 Å². The third kappa shape index (κ3) is 3.54. The van der Waals surface area contributed by atoms with Gasteiger partial charge in [0, 0.05) is 19.7 Å². The van der Waals surface area contributed by atoms with Crippen molar-refractivity contribution < 1.29 is 4.74 Å². The molecule has 0 aliphatic heterocycles. The fourth-order valence-corrected chi connectivity index (χ4v) is 1.66. The third-order valence-corrected chi connectivity index (χ3v) is 2.56. The van der Waals surface area contributed by atoms with Gasteiger partial charge in [0.05, 0.1) is 12.9 Å². The first-order valence-corrected chi connectivity index (χ1v) is 6.61. The molecule has 0 unspecified atom stereocenters. The minimum atomic E-state index is 0.598. The molecule has 0 saturated heterocycles. The molecule has 2 aromatic rings. The van der Waals surface area contributed by atoms with Gasteiger partial charge in [0.1, 0.15) is 5.52 Å². The Bertz CT molecular complexity index is 512. The highest BCUT2D eigenvalue weighted by molar-refractivity contribution is 5.83. The van der Waals surface area contributed by atoms with Crippen LogP contribution in [0.4, 0.5) is 11.8 Å². The SMILES string of the molecule is CCCNc1nc(NCCOCC)c2[nH]cnc2n1. The van der Waals surface area contributed by atoms with Gasteiger partial charge < -0.3 is 20.4 Å². The van der Waals surface area contributed by atoms with Gasteiger partial charge in [-0.1, -0.05) is 6.92 Å². The van der Waals surface area contributed by atoms with Crippen molar-refractivity contribution in [2.75, 3.05) is 36.9 Å². The van der Waals surface area contributed by atoms with Gasteiger partial charge >= 0.3 is 0 Å². The number of aromatic nitrogens is 4. The maximum absolute atomic E-state index is 5.30. The van der Waals surface area contributed by atoms with Crippen LogP contribution in [0.25, 0.3) is 11.2 Å². The Morgan fingerprint density at radius 2 is 2.11 bits per heavy atom. The van der Waals surface area contributed by atoms with E-state index in [1.54, 1.807) is 6.33 Å². The minimum Gasteiger partial charge on any atom is -0.380 e. The highest BCUT2D eigenvalue weighted by Crippen LogP contribution is 2.18. The molecular weight excluding hydrogens is 244 g/mol.